The van der Waals surface area contributed by atoms with Gasteiger partial charge < -0.3 is 30.7 Å². The monoisotopic (exact) mass is 521 g/mol. The van der Waals surface area contributed by atoms with Crippen molar-refractivity contribution < 1.29 is 14.3 Å². The zero-order valence-corrected chi connectivity index (χ0v) is 22.6. The van der Waals surface area contributed by atoms with E-state index in [0.717, 1.165) is 50.4 Å². The Balaban J connectivity index is 1.67. The molecule has 3 atom stereocenters. The highest BCUT2D eigenvalue weighted by Crippen LogP contribution is 2.34. The first-order chi connectivity index (χ1) is 17.5. The first kappa shape index (κ1) is 28.5. The van der Waals surface area contributed by atoms with Gasteiger partial charge in [0, 0.05) is 37.1 Å². The number of amides is 1. The molecule has 0 bridgehead atoms. The van der Waals surface area contributed by atoms with Crippen molar-refractivity contribution in [2.75, 3.05) is 46.9 Å². The molecule has 1 heterocycles. The van der Waals surface area contributed by atoms with Gasteiger partial charge in [-0.25, -0.2) is 9.79 Å². The fourth-order valence-corrected chi connectivity index (χ4v) is 5.76. The fourth-order valence-electron chi connectivity index (χ4n) is 5.56. The molecule has 4 N–H and O–H groups in total. The third kappa shape index (κ3) is 9.12. The van der Waals surface area contributed by atoms with Gasteiger partial charge in [-0.3, -0.25) is 0 Å². The summed E-state index contributed by atoms with van der Waals surface area (Å²) in [5.74, 6) is 1.61. The van der Waals surface area contributed by atoms with Gasteiger partial charge in [-0.15, -0.1) is 0 Å². The van der Waals surface area contributed by atoms with Crippen molar-refractivity contribution in [2.24, 2.45) is 22.6 Å². The van der Waals surface area contributed by atoms with Crippen molar-refractivity contribution in [1.82, 2.24) is 15.5 Å². The molecular weight excluding hydrogens is 478 g/mol. The summed E-state index contributed by atoms with van der Waals surface area (Å²) in [6.45, 7) is 3.25. The van der Waals surface area contributed by atoms with E-state index in [2.05, 4.69) is 20.3 Å². The first-order valence-corrected chi connectivity index (χ1v) is 13.8. The molecule has 1 amide bonds. The Bertz CT molecular complexity index is 833. The van der Waals surface area contributed by atoms with Crippen LogP contribution in [-0.4, -0.2) is 69.9 Å². The number of carbonyl (C=O) groups excluding carboxylic acids is 1. The number of aliphatic imine (C=N–C) groups is 1. The minimum absolute atomic E-state index is 0.158. The normalized spacial score (nSPS) is 21.1. The largest absolute Gasteiger partial charge is 0.453 e. The molecule has 0 radical (unpaired) electrons. The number of nitrogens with one attached hydrogen (secondary N) is 2. The molecule has 2 aliphatic rings. The molecule has 9 heteroatoms. The highest BCUT2D eigenvalue weighted by molar-refractivity contribution is 6.30. The Kier molecular flexibility index (Phi) is 12.1. The predicted molar refractivity (Wildman–Crippen MR) is 145 cm³/mol. The second kappa shape index (κ2) is 15.3. The minimum Gasteiger partial charge on any atom is -0.453 e. The molecule has 1 saturated carbocycles. The summed E-state index contributed by atoms with van der Waals surface area (Å²) in [7, 11) is 3.34. The van der Waals surface area contributed by atoms with Crippen LogP contribution in [0.1, 0.15) is 63.0 Å². The van der Waals surface area contributed by atoms with E-state index in [4.69, 9.17) is 27.1 Å². The lowest BCUT2D eigenvalue weighted by Crippen LogP contribution is -2.46. The van der Waals surface area contributed by atoms with Crippen LogP contribution < -0.4 is 16.4 Å². The number of rotatable bonds is 11. The zero-order chi connectivity index (χ0) is 25.8. The van der Waals surface area contributed by atoms with Crippen LogP contribution in [0.2, 0.25) is 5.02 Å². The topological polar surface area (TPSA) is 101 Å². The van der Waals surface area contributed by atoms with E-state index in [0.29, 0.717) is 24.1 Å². The van der Waals surface area contributed by atoms with Crippen molar-refractivity contribution in [3.8, 4) is 0 Å². The molecule has 8 nitrogen and oxygen atoms in total. The quantitative estimate of drug-likeness (QED) is 0.227. The number of guanidine groups is 1. The molecule has 1 aromatic carbocycles. The number of hydrogen-bond donors (Lipinski definition) is 3. The van der Waals surface area contributed by atoms with Crippen molar-refractivity contribution in [3.63, 3.8) is 0 Å². The number of nitrogens with zero attached hydrogens (tertiary/aromatic N) is 2. The van der Waals surface area contributed by atoms with Crippen LogP contribution in [-0.2, 0) is 9.47 Å². The number of carbonyl (C=O) groups is 1. The molecule has 0 unspecified atom stereocenters. The van der Waals surface area contributed by atoms with Gasteiger partial charge in [-0.2, -0.15) is 0 Å². The third-order valence-corrected chi connectivity index (χ3v) is 7.56. The molecule has 1 saturated heterocycles. The molecular formula is C27H44ClN5O3. The lowest BCUT2D eigenvalue weighted by Gasteiger charge is -2.38. The summed E-state index contributed by atoms with van der Waals surface area (Å²) in [4.78, 5) is 18.6. The maximum atomic E-state index is 11.4. The SMILES string of the molecule is CNC[C@H](CC1CCCCC1)N=C(N)N1CCC[C@@H]([C@@H](OCCNC(=O)OC)c2cccc(Cl)c2)C1. The molecule has 0 spiro atoms. The molecule has 3 rings (SSSR count). The summed E-state index contributed by atoms with van der Waals surface area (Å²) < 4.78 is 11.0. The van der Waals surface area contributed by atoms with Crippen LogP contribution in [0, 0.1) is 11.8 Å². The van der Waals surface area contributed by atoms with Crippen LogP contribution in [0.15, 0.2) is 29.3 Å². The average Bonchev–Trinajstić information content (AvgIpc) is 2.89. The van der Waals surface area contributed by atoms with Gasteiger partial charge >= 0.3 is 6.09 Å². The van der Waals surface area contributed by atoms with Crippen LogP contribution >= 0.6 is 11.6 Å². The minimum atomic E-state index is -0.463. The van der Waals surface area contributed by atoms with E-state index in [1.165, 1.54) is 39.2 Å². The number of piperidine rings is 1. The Morgan fingerprint density at radius 1 is 1.25 bits per heavy atom. The van der Waals surface area contributed by atoms with E-state index in [-0.39, 0.29) is 18.1 Å². The molecule has 1 aromatic rings. The van der Waals surface area contributed by atoms with Gasteiger partial charge in [0.1, 0.15) is 0 Å². The Morgan fingerprint density at radius 3 is 2.78 bits per heavy atom. The molecule has 1 aliphatic carbocycles. The number of methoxy groups -OCH3 is 1. The van der Waals surface area contributed by atoms with Crippen molar-refractivity contribution in [1.29, 1.82) is 0 Å². The maximum absolute atomic E-state index is 11.4. The van der Waals surface area contributed by atoms with Crippen molar-refractivity contribution in [2.45, 2.75) is 63.5 Å². The summed E-state index contributed by atoms with van der Waals surface area (Å²) in [5, 5.41) is 6.67. The molecule has 2 fully saturated rings. The zero-order valence-electron chi connectivity index (χ0n) is 21.9. The molecule has 202 valence electrons. The van der Waals surface area contributed by atoms with E-state index < -0.39 is 6.09 Å². The van der Waals surface area contributed by atoms with Gasteiger partial charge in [0.25, 0.3) is 0 Å². The number of halogens is 1. The van der Waals surface area contributed by atoms with Gasteiger partial charge in [-0.05, 0) is 49.9 Å². The van der Waals surface area contributed by atoms with Gasteiger partial charge in [0.15, 0.2) is 5.96 Å². The summed E-state index contributed by atoms with van der Waals surface area (Å²) >= 11 is 6.31. The fraction of sp³-hybridized carbons (Fsp3) is 0.704. The number of ether oxygens (including phenoxy) is 2. The summed E-state index contributed by atoms with van der Waals surface area (Å²) in [5.41, 5.74) is 7.64. The maximum Gasteiger partial charge on any atom is 0.406 e. The number of likely N-dealkylation sites (N-methyl/N-ethyl adjacent to an activating group) is 1. The lowest BCUT2D eigenvalue weighted by atomic mass is 9.85. The highest BCUT2D eigenvalue weighted by atomic mass is 35.5. The summed E-state index contributed by atoms with van der Waals surface area (Å²) in [6, 6.07) is 8.03. The Labute approximate surface area is 221 Å². The van der Waals surface area contributed by atoms with Crippen LogP contribution in [0.25, 0.3) is 0 Å². The van der Waals surface area contributed by atoms with E-state index in [1.54, 1.807) is 0 Å². The smallest absolute Gasteiger partial charge is 0.406 e. The number of alkyl carbamates (subject to hydrolysis) is 1. The Morgan fingerprint density at radius 2 is 2.06 bits per heavy atom. The number of nitrogens with two attached hydrogens (primary N) is 1. The van der Waals surface area contributed by atoms with Crippen LogP contribution in [0.3, 0.4) is 0 Å². The van der Waals surface area contributed by atoms with Gasteiger partial charge in [0.05, 0.1) is 25.9 Å². The number of benzene rings is 1. The standard InChI is InChI=1S/C27H44ClN5O3/c1-30-18-24(16-20-8-4-3-5-9-20)32-26(29)33-14-7-11-22(19-33)25(21-10-6-12-23(28)17-21)36-15-13-31-27(34)35-2/h6,10,12,17,20,22,24-25,30H,3-5,7-9,11,13-16,18-19H2,1-2H3,(H2,29,32)(H,31,34)/t22-,24+,25+/m1/s1. The van der Waals surface area contributed by atoms with Gasteiger partial charge in [-0.1, -0.05) is 55.8 Å². The van der Waals surface area contributed by atoms with Gasteiger partial charge in [0.2, 0.25) is 0 Å². The number of likely N-dealkylation sites (tertiary alicyclic amines) is 1. The second-order valence-electron chi connectivity index (χ2n) is 10.1. The molecule has 36 heavy (non-hydrogen) atoms. The lowest BCUT2D eigenvalue weighted by molar-refractivity contribution is -0.00562. The second-order valence-corrected chi connectivity index (χ2v) is 10.5. The predicted octanol–water partition coefficient (Wildman–Crippen LogP) is 4.34. The molecule has 1 aliphatic heterocycles. The van der Waals surface area contributed by atoms with Crippen molar-refractivity contribution >= 4 is 23.7 Å². The summed E-state index contributed by atoms with van der Waals surface area (Å²) in [6.07, 6.45) is 9.17. The number of hydrogen-bond acceptors (Lipinski definition) is 5. The van der Waals surface area contributed by atoms with E-state index in [9.17, 15) is 4.79 Å². The first-order valence-electron chi connectivity index (χ1n) is 13.4. The van der Waals surface area contributed by atoms with Crippen LogP contribution in [0.4, 0.5) is 4.79 Å². The van der Waals surface area contributed by atoms with E-state index in [1.807, 2.05) is 31.3 Å². The molecule has 0 aromatic heterocycles. The van der Waals surface area contributed by atoms with Crippen molar-refractivity contribution in [3.05, 3.63) is 34.9 Å². The third-order valence-electron chi connectivity index (χ3n) is 7.33. The Hall–Kier alpha value is -2.03. The average molecular weight is 522 g/mol. The highest BCUT2D eigenvalue weighted by Gasteiger charge is 2.30. The van der Waals surface area contributed by atoms with Crippen LogP contribution in [0.5, 0.6) is 0 Å². The van der Waals surface area contributed by atoms with E-state index >= 15 is 0 Å².